The number of rotatable bonds is 10. The van der Waals surface area contributed by atoms with Gasteiger partial charge in [-0.25, -0.2) is 0 Å². The molecular weight excluding hydrogens is 188 g/mol. The SMILES string of the molecule is CCNCC(CC)OCCN(CC)CC. The van der Waals surface area contributed by atoms with Crippen LogP contribution < -0.4 is 5.32 Å². The summed E-state index contributed by atoms with van der Waals surface area (Å²) in [6, 6.07) is 0. The van der Waals surface area contributed by atoms with Crippen LogP contribution in [-0.4, -0.2) is 50.3 Å². The molecule has 0 aromatic heterocycles. The number of hydrogen-bond donors (Lipinski definition) is 1. The van der Waals surface area contributed by atoms with Gasteiger partial charge in [-0.1, -0.05) is 27.7 Å². The highest BCUT2D eigenvalue weighted by atomic mass is 16.5. The van der Waals surface area contributed by atoms with E-state index in [1.165, 1.54) is 0 Å². The number of hydrogen-bond acceptors (Lipinski definition) is 3. The van der Waals surface area contributed by atoms with E-state index in [-0.39, 0.29) is 0 Å². The van der Waals surface area contributed by atoms with E-state index in [1.807, 2.05) is 0 Å². The van der Waals surface area contributed by atoms with Crippen LogP contribution in [0, 0.1) is 0 Å². The molecule has 0 saturated heterocycles. The van der Waals surface area contributed by atoms with Crippen molar-refractivity contribution < 1.29 is 4.74 Å². The van der Waals surface area contributed by atoms with E-state index in [1.54, 1.807) is 0 Å². The second kappa shape index (κ2) is 10.4. The van der Waals surface area contributed by atoms with Gasteiger partial charge in [0.25, 0.3) is 0 Å². The van der Waals surface area contributed by atoms with Crippen LogP contribution in [0.4, 0.5) is 0 Å². The fraction of sp³-hybridized carbons (Fsp3) is 1.00. The quantitative estimate of drug-likeness (QED) is 0.602. The van der Waals surface area contributed by atoms with Crippen molar-refractivity contribution >= 4 is 0 Å². The van der Waals surface area contributed by atoms with Gasteiger partial charge in [0.1, 0.15) is 0 Å². The Labute approximate surface area is 95.2 Å². The molecule has 0 spiro atoms. The maximum atomic E-state index is 5.82. The predicted molar refractivity (Wildman–Crippen MR) is 66.4 cm³/mol. The summed E-state index contributed by atoms with van der Waals surface area (Å²) in [6.07, 6.45) is 1.46. The van der Waals surface area contributed by atoms with E-state index < -0.39 is 0 Å². The smallest absolute Gasteiger partial charge is 0.0697 e. The molecule has 0 saturated carbocycles. The summed E-state index contributed by atoms with van der Waals surface area (Å²) in [5.41, 5.74) is 0. The highest BCUT2D eigenvalue weighted by molar-refractivity contribution is 4.60. The molecule has 0 heterocycles. The van der Waals surface area contributed by atoms with Crippen LogP contribution in [0.25, 0.3) is 0 Å². The molecular formula is C12H28N2O. The van der Waals surface area contributed by atoms with Crippen molar-refractivity contribution in [2.45, 2.75) is 40.2 Å². The molecule has 92 valence electrons. The lowest BCUT2D eigenvalue weighted by Gasteiger charge is -2.21. The van der Waals surface area contributed by atoms with E-state index in [0.717, 1.165) is 45.8 Å². The van der Waals surface area contributed by atoms with Crippen LogP contribution in [0.2, 0.25) is 0 Å². The average Bonchev–Trinajstić information content (AvgIpc) is 2.28. The van der Waals surface area contributed by atoms with Crippen LogP contribution in [0.3, 0.4) is 0 Å². The summed E-state index contributed by atoms with van der Waals surface area (Å²) < 4.78 is 5.82. The standard InChI is InChI=1S/C12H28N2O/c1-5-12(11-13-6-2)15-10-9-14(7-3)8-4/h12-13H,5-11H2,1-4H3. The first kappa shape index (κ1) is 14.9. The van der Waals surface area contributed by atoms with Crippen molar-refractivity contribution in [2.75, 3.05) is 39.3 Å². The lowest BCUT2D eigenvalue weighted by molar-refractivity contribution is 0.0373. The molecule has 0 aliphatic carbocycles. The van der Waals surface area contributed by atoms with Crippen LogP contribution in [-0.2, 0) is 4.74 Å². The summed E-state index contributed by atoms with van der Waals surface area (Å²) in [5.74, 6) is 0. The highest BCUT2D eigenvalue weighted by Crippen LogP contribution is 1.97. The van der Waals surface area contributed by atoms with Gasteiger partial charge in [0.05, 0.1) is 12.7 Å². The minimum atomic E-state index is 0.375. The molecule has 1 unspecified atom stereocenters. The summed E-state index contributed by atoms with van der Waals surface area (Å²) in [6.45, 7) is 14.8. The van der Waals surface area contributed by atoms with Crippen molar-refractivity contribution in [3.05, 3.63) is 0 Å². The molecule has 15 heavy (non-hydrogen) atoms. The van der Waals surface area contributed by atoms with Gasteiger partial charge < -0.3 is 15.0 Å². The van der Waals surface area contributed by atoms with Gasteiger partial charge in [-0.2, -0.15) is 0 Å². The van der Waals surface area contributed by atoms with E-state index >= 15 is 0 Å². The van der Waals surface area contributed by atoms with Crippen LogP contribution in [0.5, 0.6) is 0 Å². The molecule has 3 nitrogen and oxygen atoms in total. The topological polar surface area (TPSA) is 24.5 Å². The van der Waals surface area contributed by atoms with Crippen molar-refractivity contribution in [3.63, 3.8) is 0 Å². The Morgan fingerprint density at radius 3 is 2.27 bits per heavy atom. The Hall–Kier alpha value is -0.120. The number of nitrogens with zero attached hydrogens (tertiary/aromatic N) is 1. The van der Waals surface area contributed by atoms with Gasteiger partial charge in [0.15, 0.2) is 0 Å². The fourth-order valence-corrected chi connectivity index (χ4v) is 1.51. The van der Waals surface area contributed by atoms with Gasteiger partial charge in [0.2, 0.25) is 0 Å². The molecule has 1 atom stereocenters. The van der Waals surface area contributed by atoms with E-state index in [0.29, 0.717) is 6.10 Å². The minimum Gasteiger partial charge on any atom is -0.376 e. The second-order valence-corrected chi connectivity index (χ2v) is 3.74. The molecule has 0 aromatic rings. The number of likely N-dealkylation sites (N-methyl/N-ethyl adjacent to an activating group) is 2. The monoisotopic (exact) mass is 216 g/mol. The Bertz CT molecular complexity index is 127. The minimum absolute atomic E-state index is 0.375. The molecule has 0 aliphatic rings. The largest absolute Gasteiger partial charge is 0.376 e. The highest BCUT2D eigenvalue weighted by Gasteiger charge is 2.06. The van der Waals surface area contributed by atoms with Crippen molar-refractivity contribution in [3.8, 4) is 0 Å². The maximum absolute atomic E-state index is 5.82. The number of nitrogens with one attached hydrogen (secondary N) is 1. The third kappa shape index (κ3) is 7.77. The summed E-state index contributed by atoms with van der Waals surface area (Å²) >= 11 is 0. The zero-order valence-electron chi connectivity index (χ0n) is 10.9. The van der Waals surface area contributed by atoms with Crippen LogP contribution in [0.15, 0.2) is 0 Å². The van der Waals surface area contributed by atoms with Gasteiger partial charge in [0, 0.05) is 13.1 Å². The number of ether oxygens (including phenoxy) is 1. The molecule has 1 N–H and O–H groups in total. The average molecular weight is 216 g/mol. The third-order valence-corrected chi connectivity index (χ3v) is 2.73. The molecule has 0 fully saturated rings. The van der Waals surface area contributed by atoms with Gasteiger partial charge >= 0.3 is 0 Å². The van der Waals surface area contributed by atoms with Gasteiger partial charge in [-0.15, -0.1) is 0 Å². The van der Waals surface area contributed by atoms with Gasteiger partial charge in [-0.05, 0) is 26.1 Å². The Kier molecular flexibility index (Phi) is 10.3. The van der Waals surface area contributed by atoms with Crippen LogP contribution in [0.1, 0.15) is 34.1 Å². The first-order chi connectivity index (χ1) is 7.28. The van der Waals surface area contributed by atoms with Crippen molar-refractivity contribution in [2.24, 2.45) is 0 Å². The molecule has 0 radical (unpaired) electrons. The molecule has 0 aliphatic heterocycles. The Balaban J connectivity index is 3.52. The van der Waals surface area contributed by atoms with E-state index in [9.17, 15) is 0 Å². The summed E-state index contributed by atoms with van der Waals surface area (Å²) in [7, 11) is 0. The third-order valence-electron chi connectivity index (χ3n) is 2.73. The summed E-state index contributed by atoms with van der Waals surface area (Å²) in [4.78, 5) is 2.39. The lowest BCUT2D eigenvalue weighted by atomic mass is 10.3. The summed E-state index contributed by atoms with van der Waals surface area (Å²) in [5, 5.41) is 3.33. The first-order valence-electron chi connectivity index (χ1n) is 6.33. The van der Waals surface area contributed by atoms with E-state index in [2.05, 4.69) is 37.9 Å². The van der Waals surface area contributed by atoms with Crippen LogP contribution >= 0.6 is 0 Å². The first-order valence-corrected chi connectivity index (χ1v) is 6.33. The second-order valence-electron chi connectivity index (χ2n) is 3.74. The zero-order valence-corrected chi connectivity index (χ0v) is 10.9. The normalized spacial score (nSPS) is 13.4. The molecule has 0 bridgehead atoms. The maximum Gasteiger partial charge on any atom is 0.0697 e. The van der Waals surface area contributed by atoms with Gasteiger partial charge in [-0.3, -0.25) is 0 Å². The predicted octanol–water partition coefficient (Wildman–Crippen LogP) is 1.73. The zero-order chi connectivity index (χ0) is 11.5. The van der Waals surface area contributed by atoms with Crippen molar-refractivity contribution in [1.29, 1.82) is 0 Å². The van der Waals surface area contributed by atoms with Crippen molar-refractivity contribution in [1.82, 2.24) is 10.2 Å². The Morgan fingerprint density at radius 2 is 1.80 bits per heavy atom. The van der Waals surface area contributed by atoms with E-state index in [4.69, 9.17) is 4.74 Å². The molecule has 0 rings (SSSR count). The molecule has 0 aromatic carbocycles. The Morgan fingerprint density at radius 1 is 1.13 bits per heavy atom. The lowest BCUT2D eigenvalue weighted by Crippen LogP contribution is -2.32. The fourth-order valence-electron chi connectivity index (χ4n) is 1.51. The molecule has 3 heteroatoms. The molecule has 0 amide bonds.